The number of carbonyl (C=O) groups is 2. The number of nitrogen functional groups attached to an aromatic ring is 1. The molecule has 0 bridgehead atoms. The Morgan fingerprint density at radius 1 is 1.21 bits per heavy atom. The third kappa shape index (κ3) is 5.98. The molecule has 1 aromatic carbocycles. The average Bonchev–Trinajstić information content (AvgIpc) is 2.44. The number of amides is 1. The monoisotopic (exact) mass is 337 g/mol. The summed E-state index contributed by atoms with van der Waals surface area (Å²) in [5.41, 5.74) is 7.29. The van der Waals surface area contributed by atoms with E-state index in [2.05, 4.69) is 0 Å². The number of carbonyl (C=O) groups excluding carboxylic acids is 2. The van der Waals surface area contributed by atoms with Crippen LogP contribution >= 0.6 is 0 Å². The van der Waals surface area contributed by atoms with Crippen molar-refractivity contribution in [3.05, 3.63) is 18.2 Å². The number of nitrogens with two attached hydrogens (primary N) is 1. The zero-order valence-corrected chi connectivity index (χ0v) is 15.3. The Labute approximate surface area is 143 Å². The van der Waals surface area contributed by atoms with Gasteiger partial charge >= 0.3 is 12.1 Å². The molecule has 0 aromatic heterocycles. The molecule has 1 amide bonds. The topological polar surface area (TPSA) is 85.1 Å². The van der Waals surface area contributed by atoms with Gasteiger partial charge in [0.25, 0.3) is 0 Å². The first kappa shape index (κ1) is 19.6. The van der Waals surface area contributed by atoms with E-state index in [9.17, 15) is 9.59 Å². The minimum absolute atomic E-state index is 0.285. The quantitative estimate of drug-likeness (QED) is 0.657. The lowest BCUT2D eigenvalue weighted by Crippen LogP contribution is -2.34. The van der Waals surface area contributed by atoms with Crippen LogP contribution in [0.5, 0.6) is 0 Å². The van der Waals surface area contributed by atoms with Crippen molar-refractivity contribution in [3.63, 3.8) is 0 Å². The van der Waals surface area contributed by atoms with Crippen LogP contribution in [0.4, 0.5) is 21.9 Å². The van der Waals surface area contributed by atoms with Gasteiger partial charge in [0.15, 0.2) is 0 Å². The molecule has 0 aliphatic carbocycles. The van der Waals surface area contributed by atoms with Crippen molar-refractivity contribution < 1.29 is 19.1 Å². The molecule has 2 N–H and O–H groups in total. The highest BCUT2D eigenvalue weighted by atomic mass is 16.6. The third-order valence-electron chi connectivity index (χ3n) is 3.22. The summed E-state index contributed by atoms with van der Waals surface area (Å²) in [6, 6.07) is 5.37. The molecule has 0 spiro atoms. The van der Waals surface area contributed by atoms with Crippen molar-refractivity contribution in [3.8, 4) is 0 Å². The van der Waals surface area contributed by atoms with Crippen LogP contribution in [0.15, 0.2) is 18.2 Å². The first-order valence-electron chi connectivity index (χ1n) is 7.72. The fraction of sp³-hybridized carbons (Fsp3) is 0.529. The van der Waals surface area contributed by atoms with E-state index < -0.39 is 11.7 Å². The summed E-state index contributed by atoms with van der Waals surface area (Å²) in [7, 11) is 3.48. The van der Waals surface area contributed by atoms with Gasteiger partial charge in [-0.1, -0.05) is 0 Å². The Balaban J connectivity index is 2.88. The van der Waals surface area contributed by atoms with E-state index in [4.69, 9.17) is 15.2 Å². The fourth-order valence-corrected chi connectivity index (χ4v) is 1.94. The molecule has 0 fully saturated rings. The van der Waals surface area contributed by atoms with E-state index in [1.165, 1.54) is 11.8 Å². The SMILES string of the molecule is CC(=O)OCCN(C)c1ccc(N)c(N(C)C(=O)OC(C)(C)C)c1. The standard InChI is InChI=1S/C17H27N3O4/c1-12(21)23-10-9-19(5)13-7-8-14(18)15(11-13)20(6)16(22)24-17(2,3)4/h7-8,11H,9-10,18H2,1-6H3. The molecule has 0 unspecified atom stereocenters. The van der Waals surface area contributed by atoms with Gasteiger partial charge in [0, 0.05) is 26.7 Å². The zero-order valence-electron chi connectivity index (χ0n) is 15.3. The van der Waals surface area contributed by atoms with Gasteiger partial charge in [-0.15, -0.1) is 0 Å². The Morgan fingerprint density at radius 2 is 1.83 bits per heavy atom. The van der Waals surface area contributed by atoms with Gasteiger partial charge in [0.05, 0.1) is 17.9 Å². The van der Waals surface area contributed by atoms with Gasteiger partial charge < -0.3 is 20.1 Å². The molecule has 0 radical (unpaired) electrons. The minimum atomic E-state index is -0.585. The average molecular weight is 337 g/mol. The maximum atomic E-state index is 12.2. The molecule has 0 aliphatic rings. The van der Waals surface area contributed by atoms with Crippen molar-refractivity contribution in [2.45, 2.75) is 33.3 Å². The van der Waals surface area contributed by atoms with Crippen LogP contribution in [0.2, 0.25) is 0 Å². The second-order valence-electron chi connectivity index (χ2n) is 6.54. The van der Waals surface area contributed by atoms with Crippen molar-refractivity contribution in [1.82, 2.24) is 0 Å². The number of benzene rings is 1. The molecule has 24 heavy (non-hydrogen) atoms. The molecule has 0 atom stereocenters. The van der Waals surface area contributed by atoms with Gasteiger partial charge in [0.2, 0.25) is 0 Å². The number of hydrogen-bond donors (Lipinski definition) is 1. The number of hydrogen-bond acceptors (Lipinski definition) is 6. The second-order valence-corrected chi connectivity index (χ2v) is 6.54. The predicted molar refractivity (Wildman–Crippen MR) is 95.4 cm³/mol. The smallest absolute Gasteiger partial charge is 0.414 e. The number of esters is 1. The number of ether oxygens (including phenoxy) is 2. The summed E-state index contributed by atoms with van der Waals surface area (Å²) >= 11 is 0. The van der Waals surface area contributed by atoms with Crippen LogP contribution in [-0.4, -0.2) is 44.9 Å². The van der Waals surface area contributed by atoms with Crippen molar-refractivity contribution in [2.75, 3.05) is 42.8 Å². The molecule has 7 heteroatoms. The van der Waals surface area contributed by atoms with Crippen LogP contribution in [0.3, 0.4) is 0 Å². The summed E-state index contributed by atoms with van der Waals surface area (Å²) < 4.78 is 10.3. The van der Waals surface area contributed by atoms with E-state index in [1.54, 1.807) is 40.0 Å². The van der Waals surface area contributed by atoms with E-state index in [0.29, 0.717) is 17.9 Å². The maximum absolute atomic E-state index is 12.2. The van der Waals surface area contributed by atoms with Crippen LogP contribution in [-0.2, 0) is 14.3 Å². The Hall–Kier alpha value is -2.44. The number of rotatable bonds is 5. The number of anilines is 3. The molecule has 1 rings (SSSR count). The highest BCUT2D eigenvalue weighted by Crippen LogP contribution is 2.28. The molecular weight excluding hydrogens is 310 g/mol. The highest BCUT2D eigenvalue weighted by molar-refractivity contribution is 5.92. The second kappa shape index (κ2) is 7.90. The lowest BCUT2D eigenvalue weighted by atomic mass is 10.2. The fourth-order valence-electron chi connectivity index (χ4n) is 1.94. The van der Waals surface area contributed by atoms with E-state index in [-0.39, 0.29) is 12.6 Å². The highest BCUT2D eigenvalue weighted by Gasteiger charge is 2.22. The van der Waals surface area contributed by atoms with Crippen LogP contribution in [0.25, 0.3) is 0 Å². The van der Waals surface area contributed by atoms with E-state index in [1.807, 2.05) is 18.0 Å². The Morgan fingerprint density at radius 3 is 2.38 bits per heavy atom. The molecule has 1 aromatic rings. The van der Waals surface area contributed by atoms with Gasteiger partial charge in [-0.25, -0.2) is 4.79 Å². The predicted octanol–water partition coefficient (Wildman–Crippen LogP) is 2.64. The largest absolute Gasteiger partial charge is 0.464 e. The molecule has 134 valence electrons. The summed E-state index contributed by atoms with van der Waals surface area (Å²) in [5, 5.41) is 0. The van der Waals surface area contributed by atoms with E-state index >= 15 is 0 Å². The summed E-state index contributed by atoms with van der Waals surface area (Å²) in [6.45, 7) is 7.60. The van der Waals surface area contributed by atoms with Crippen molar-refractivity contribution >= 4 is 29.1 Å². The molecule has 0 aliphatic heterocycles. The van der Waals surface area contributed by atoms with Crippen molar-refractivity contribution in [1.29, 1.82) is 0 Å². The Kier molecular flexibility index (Phi) is 6.45. The first-order valence-corrected chi connectivity index (χ1v) is 7.72. The van der Waals surface area contributed by atoms with Crippen molar-refractivity contribution in [2.24, 2.45) is 0 Å². The van der Waals surface area contributed by atoms with Crippen LogP contribution in [0, 0.1) is 0 Å². The molecular formula is C17H27N3O4. The van der Waals surface area contributed by atoms with Crippen LogP contribution in [0.1, 0.15) is 27.7 Å². The normalized spacial score (nSPS) is 10.9. The van der Waals surface area contributed by atoms with E-state index in [0.717, 1.165) is 5.69 Å². The molecule has 7 nitrogen and oxygen atoms in total. The maximum Gasteiger partial charge on any atom is 0.414 e. The molecule has 0 heterocycles. The lowest BCUT2D eigenvalue weighted by Gasteiger charge is -2.27. The lowest BCUT2D eigenvalue weighted by molar-refractivity contribution is -0.140. The minimum Gasteiger partial charge on any atom is -0.464 e. The molecule has 0 saturated heterocycles. The third-order valence-corrected chi connectivity index (χ3v) is 3.22. The Bertz CT molecular complexity index is 596. The van der Waals surface area contributed by atoms with Crippen LogP contribution < -0.4 is 15.5 Å². The first-order chi connectivity index (χ1) is 11.0. The zero-order chi connectivity index (χ0) is 18.5. The van der Waals surface area contributed by atoms with Gasteiger partial charge in [-0.05, 0) is 39.0 Å². The van der Waals surface area contributed by atoms with Gasteiger partial charge in [0.1, 0.15) is 12.2 Å². The van der Waals surface area contributed by atoms with Gasteiger partial charge in [-0.2, -0.15) is 0 Å². The summed E-state index contributed by atoms with van der Waals surface area (Å²) in [6.07, 6.45) is -0.478. The van der Waals surface area contributed by atoms with Gasteiger partial charge in [-0.3, -0.25) is 9.69 Å². The number of likely N-dealkylation sites (N-methyl/N-ethyl adjacent to an activating group) is 1. The molecule has 0 saturated carbocycles. The number of nitrogens with zero attached hydrogens (tertiary/aromatic N) is 2. The summed E-state index contributed by atoms with van der Waals surface area (Å²) in [5.74, 6) is -0.314. The summed E-state index contributed by atoms with van der Waals surface area (Å²) in [4.78, 5) is 26.3.